The molecule has 1 unspecified atom stereocenters. The van der Waals surface area contributed by atoms with Crippen molar-refractivity contribution in [2.24, 2.45) is 0 Å². The molecular weight excluding hydrogens is 208 g/mol. The number of carbonyl (C=O) groups is 2. The van der Waals surface area contributed by atoms with Gasteiger partial charge in [-0.2, -0.15) is 0 Å². The standard InChI is InChI=1S/C11H13N2O3/c1-8(10(12)14)13-11(15)16-7-9-5-3-2-4-6-9/h2-6,8,12H,7H2,1H3,(H,13,15). The lowest BCUT2D eigenvalue weighted by molar-refractivity contribution is -0.120. The Balaban J connectivity index is 2.33. The van der Waals surface area contributed by atoms with Crippen molar-refractivity contribution in [2.75, 3.05) is 0 Å². The summed E-state index contributed by atoms with van der Waals surface area (Å²) in [6, 6.07) is 8.35. The molecule has 0 bridgehead atoms. The number of hydrogen-bond donors (Lipinski definition) is 1. The molecular formula is C11H13N2O3. The molecule has 0 aliphatic rings. The largest absolute Gasteiger partial charge is 0.445 e. The van der Waals surface area contributed by atoms with Crippen LogP contribution in [0.25, 0.3) is 0 Å². The molecule has 2 amide bonds. The Bertz CT molecular complexity index is 365. The van der Waals surface area contributed by atoms with Crippen LogP contribution in [0.3, 0.4) is 0 Å². The Labute approximate surface area is 93.6 Å². The average molecular weight is 221 g/mol. The van der Waals surface area contributed by atoms with Gasteiger partial charge in [-0.25, -0.2) is 4.79 Å². The Kier molecular flexibility index (Phi) is 4.32. The Morgan fingerprint density at radius 2 is 2.00 bits per heavy atom. The van der Waals surface area contributed by atoms with E-state index in [4.69, 9.17) is 10.5 Å². The van der Waals surface area contributed by atoms with Crippen LogP contribution >= 0.6 is 0 Å². The van der Waals surface area contributed by atoms with Crippen molar-refractivity contribution >= 4 is 12.0 Å². The highest BCUT2D eigenvalue weighted by Crippen LogP contribution is 2.00. The van der Waals surface area contributed by atoms with Crippen molar-refractivity contribution in [3.63, 3.8) is 0 Å². The van der Waals surface area contributed by atoms with Gasteiger partial charge in [-0.15, -0.1) is 0 Å². The molecule has 0 aliphatic carbocycles. The average Bonchev–Trinajstić information content (AvgIpc) is 2.27. The van der Waals surface area contributed by atoms with Crippen LogP contribution in [-0.4, -0.2) is 18.0 Å². The van der Waals surface area contributed by atoms with Crippen molar-refractivity contribution in [1.29, 1.82) is 0 Å². The van der Waals surface area contributed by atoms with Crippen LogP contribution in [0, 0.1) is 0 Å². The fourth-order valence-electron chi connectivity index (χ4n) is 1.01. The molecule has 0 spiro atoms. The molecule has 0 saturated carbocycles. The molecule has 16 heavy (non-hydrogen) atoms. The molecule has 0 aliphatic heterocycles. The molecule has 2 N–H and O–H groups in total. The number of nitrogens with one attached hydrogen (secondary N) is 2. The van der Waals surface area contributed by atoms with Gasteiger partial charge >= 0.3 is 6.09 Å². The fraction of sp³-hybridized carbons (Fsp3) is 0.273. The van der Waals surface area contributed by atoms with Gasteiger partial charge in [0.15, 0.2) is 0 Å². The van der Waals surface area contributed by atoms with E-state index in [2.05, 4.69) is 5.32 Å². The van der Waals surface area contributed by atoms with E-state index in [1.807, 2.05) is 30.3 Å². The van der Waals surface area contributed by atoms with E-state index in [1.165, 1.54) is 6.92 Å². The molecule has 85 valence electrons. The summed E-state index contributed by atoms with van der Waals surface area (Å²) >= 11 is 0. The van der Waals surface area contributed by atoms with E-state index in [0.717, 1.165) is 5.56 Å². The number of ether oxygens (including phenoxy) is 1. The Morgan fingerprint density at radius 3 is 2.56 bits per heavy atom. The summed E-state index contributed by atoms with van der Waals surface area (Å²) in [5.41, 5.74) is 7.63. The second kappa shape index (κ2) is 5.75. The van der Waals surface area contributed by atoms with Crippen molar-refractivity contribution in [2.45, 2.75) is 19.6 Å². The smallest absolute Gasteiger partial charge is 0.408 e. The highest BCUT2D eigenvalue weighted by molar-refractivity contribution is 5.83. The minimum atomic E-state index is -0.850. The third-order valence-electron chi connectivity index (χ3n) is 1.94. The quantitative estimate of drug-likeness (QED) is 0.827. The number of alkyl carbamates (subject to hydrolysis) is 1. The van der Waals surface area contributed by atoms with Crippen LogP contribution in [0.5, 0.6) is 0 Å². The maximum absolute atomic E-state index is 11.2. The van der Waals surface area contributed by atoms with E-state index in [0.29, 0.717) is 0 Å². The van der Waals surface area contributed by atoms with Crippen molar-refractivity contribution < 1.29 is 14.3 Å². The maximum atomic E-state index is 11.2. The predicted molar refractivity (Wildman–Crippen MR) is 57.3 cm³/mol. The van der Waals surface area contributed by atoms with Gasteiger partial charge < -0.3 is 10.1 Å². The van der Waals surface area contributed by atoms with Gasteiger partial charge in [-0.05, 0) is 12.5 Å². The van der Waals surface area contributed by atoms with Gasteiger partial charge in [0.25, 0.3) is 5.91 Å². The van der Waals surface area contributed by atoms with Gasteiger partial charge in [-0.3, -0.25) is 10.5 Å². The third-order valence-corrected chi connectivity index (χ3v) is 1.94. The summed E-state index contributed by atoms with van der Waals surface area (Å²) in [4.78, 5) is 21.7. The molecule has 0 saturated heterocycles. The monoisotopic (exact) mass is 221 g/mol. The molecule has 5 heteroatoms. The maximum Gasteiger partial charge on any atom is 0.408 e. The number of rotatable bonds is 4. The van der Waals surface area contributed by atoms with Gasteiger partial charge in [-0.1, -0.05) is 30.3 Å². The number of amides is 2. The lowest BCUT2D eigenvalue weighted by Gasteiger charge is -2.10. The number of carbonyl (C=O) groups excluding carboxylic acids is 2. The second-order valence-corrected chi connectivity index (χ2v) is 3.29. The van der Waals surface area contributed by atoms with E-state index in [1.54, 1.807) is 0 Å². The zero-order chi connectivity index (χ0) is 12.0. The van der Waals surface area contributed by atoms with Gasteiger partial charge in [0.2, 0.25) is 0 Å². The van der Waals surface area contributed by atoms with Crippen LogP contribution in [0.15, 0.2) is 30.3 Å². The summed E-state index contributed by atoms with van der Waals surface area (Å²) in [7, 11) is 0. The number of benzene rings is 1. The summed E-state index contributed by atoms with van der Waals surface area (Å²) in [5.74, 6) is -0.850. The Hall–Kier alpha value is -2.04. The highest BCUT2D eigenvalue weighted by atomic mass is 16.5. The normalized spacial score (nSPS) is 11.6. The first-order valence-corrected chi connectivity index (χ1v) is 4.82. The van der Waals surface area contributed by atoms with Crippen molar-refractivity contribution in [3.8, 4) is 0 Å². The van der Waals surface area contributed by atoms with E-state index >= 15 is 0 Å². The Morgan fingerprint density at radius 1 is 1.38 bits per heavy atom. The van der Waals surface area contributed by atoms with Gasteiger partial charge in [0.1, 0.15) is 12.6 Å². The SMILES string of the molecule is CC(NC(=O)OCc1ccccc1)C([NH])=O. The zero-order valence-corrected chi connectivity index (χ0v) is 8.90. The molecule has 1 rings (SSSR count). The minimum Gasteiger partial charge on any atom is -0.445 e. The van der Waals surface area contributed by atoms with Crippen LogP contribution in [-0.2, 0) is 16.1 Å². The highest BCUT2D eigenvalue weighted by Gasteiger charge is 2.13. The van der Waals surface area contributed by atoms with Crippen LogP contribution in [0.1, 0.15) is 12.5 Å². The molecule has 0 aromatic heterocycles. The molecule has 1 aromatic carbocycles. The minimum absolute atomic E-state index is 0.144. The topological polar surface area (TPSA) is 79.2 Å². The molecule has 1 radical (unpaired) electrons. The first-order chi connectivity index (χ1) is 7.59. The zero-order valence-electron chi connectivity index (χ0n) is 8.90. The van der Waals surface area contributed by atoms with Crippen LogP contribution in [0.2, 0.25) is 0 Å². The number of hydrogen-bond acceptors (Lipinski definition) is 3. The molecule has 0 fully saturated rings. The first-order valence-electron chi connectivity index (χ1n) is 4.82. The van der Waals surface area contributed by atoms with Crippen molar-refractivity contribution in [3.05, 3.63) is 35.9 Å². The second-order valence-electron chi connectivity index (χ2n) is 3.29. The lowest BCUT2D eigenvalue weighted by atomic mass is 10.2. The van der Waals surface area contributed by atoms with Crippen LogP contribution < -0.4 is 11.1 Å². The summed E-state index contributed by atoms with van der Waals surface area (Å²) in [5, 5.41) is 2.25. The van der Waals surface area contributed by atoms with E-state index in [9.17, 15) is 9.59 Å². The van der Waals surface area contributed by atoms with Crippen LogP contribution in [0.4, 0.5) is 4.79 Å². The van der Waals surface area contributed by atoms with Crippen molar-refractivity contribution in [1.82, 2.24) is 11.1 Å². The molecule has 1 atom stereocenters. The van der Waals surface area contributed by atoms with E-state index in [-0.39, 0.29) is 6.61 Å². The first kappa shape index (κ1) is 12.0. The predicted octanol–water partition coefficient (Wildman–Crippen LogP) is 1.11. The fourth-order valence-corrected chi connectivity index (χ4v) is 1.01. The molecule has 1 aromatic rings. The summed E-state index contributed by atoms with van der Waals surface area (Å²) in [6.45, 7) is 1.57. The lowest BCUT2D eigenvalue weighted by Crippen LogP contribution is -2.39. The molecule has 5 nitrogen and oxygen atoms in total. The molecule has 0 heterocycles. The summed E-state index contributed by atoms with van der Waals surface area (Å²) in [6.07, 6.45) is -0.697. The van der Waals surface area contributed by atoms with E-state index < -0.39 is 18.0 Å². The summed E-state index contributed by atoms with van der Waals surface area (Å²) < 4.78 is 4.86. The van der Waals surface area contributed by atoms with Gasteiger partial charge in [0.05, 0.1) is 0 Å². The van der Waals surface area contributed by atoms with Gasteiger partial charge in [0, 0.05) is 0 Å². The third kappa shape index (κ3) is 4.00.